The maximum Gasteiger partial charge on any atom is 0.312 e. The molecule has 10 nitrogen and oxygen atoms in total. The van der Waals surface area contributed by atoms with Gasteiger partial charge in [0.1, 0.15) is 6.04 Å². The molecular weight excluding hydrogens is 402 g/mol. The van der Waals surface area contributed by atoms with Crippen molar-refractivity contribution in [2.75, 3.05) is 13.6 Å². The molecule has 10 heteroatoms. The lowest BCUT2D eigenvalue weighted by Gasteiger charge is -2.26. The van der Waals surface area contributed by atoms with E-state index in [9.17, 15) is 24.0 Å². The fraction of sp³-hybridized carbons (Fsp3) is 0.762. The lowest BCUT2D eigenvalue weighted by atomic mass is 9.99. The van der Waals surface area contributed by atoms with Crippen molar-refractivity contribution in [2.24, 2.45) is 17.6 Å². The molecule has 0 fully saturated rings. The number of amides is 5. The number of urea groups is 1. The molecule has 0 aliphatic rings. The second kappa shape index (κ2) is 17.1. The minimum atomic E-state index is -0.810. The number of Topliss-reactive ketones (excluding diaryl/α,β-unsaturated/α-hetero) is 1. The van der Waals surface area contributed by atoms with Crippen LogP contribution in [0.5, 0.6) is 0 Å². The molecule has 3 atom stereocenters. The van der Waals surface area contributed by atoms with E-state index in [2.05, 4.69) is 21.3 Å². The summed E-state index contributed by atoms with van der Waals surface area (Å²) < 4.78 is 0. The molecule has 0 aromatic rings. The molecule has 0 spiro atoms. The van der Waals surface area contributed by atoms with E-state index >= 15 is 0 Å². The highest BCUT2D eigenvalue weighted by atomic mass is 16.2. The van der Waals surface area contributed by atoms with Crippen LogP contribution >= 0.6 is 0 Å². The van der Waals surface area contributed by atoms with E-state index in [0.717, 1.165) is 0 Å². The quantitative estimate of drug-likeness (QED) is 0.266. The van der Waals surface area contributed by atoms with Crippen molar-refractivity contribution in [2.45, 2.75) is 79.3 Å². The molecular formula is C21H41N5O5. The second-order valence-electron chi connectivity index (χ2n) is 7.45. The number of carbonyl (C=O) groups is 5. The van der Waals surface area contributed by atoms with Crippen molar-refractivity contribution in [3.8, 4) is 0 Å². The van der Waals surface area contributed by atoms with Gasteiger partial charge in [0.15, 0.2) is 5.78 Å². The van der Waals surface area contributed by atoms with Gasteiger partial charge in [0.25, 0.3) is 0 Å². The molecule has 180 valence electrons. The molecule has 31 heavy (non-hydrogen) atoms. The van der Waals surface area contributed by atoms with Crippen molar-refractivity contribution in [1.29, 1.82) is 0 Å². The standard InChI is InChI=1S/C19H35N5O5.C2H6/c1-11(2)16(24-17(27)12(3)8-9-15(26)21-5)18(28)23-14(13(4)25)7-6-10-22-19(20)29;1-2/h11-12,14,16H,6-10H2,1-5H3,(H,21,26)(H,23,28)(H,24,27)(H3,20,22,29);1-2H3. The largest absolute Gasteiger partial charge is 0.359 e. The first-order chi connectivity index (χ1) is 14.5. The number of ketones is 1. The van der Waals surface area contributed by atoms with Crippen LogP contribution in [-0.4, -0.2) is 55.2 Å². The number of nitrogens with two attached hydrogens (primary N) is 1. The summed E-state index contributed by atoms with van der Waals surface area (Å²) in [5.74, 6) is -1.79. The minimum Gasteiger partial charge on any atom is -0.359 e. The zero-order chi connectivity index (χ0) is 24.6. The Kier molecular flexibility index (Phi) is 16.8. The molecule has 3 unspecified atom stereocenters. The fourth-order valence-corrected chi connectivity index (χ4v) is 2.59. The Morgan fingerprint density at radius 3 is 1.94 bits per heavy atom. The number of hydrogen-bond donors (Lipinski definition) is 5. The van der Waals surface area contributed by atoms with Gasteiger partial charge in [-0.2, -0.15) is 0 Å². The minimum absolute atomic E-state index is 0.155. The Morgan fingerprint density at radius 1 is 0.903 bits per heavy atom. The highest BCUT2D eigenvalue weighted by molar-refractivity contribution is 5.92. The van der Waals surface area contributed by atoms with E-state index in [1.165, 1.54) is 14.0 Å². The first-order valence-electron chi connectivity index (χ1n) is 10.8. The van der Waals surface area contributed by atoms with Crippen LogP contribution in [0.4, 0.5) is 4.79 Å². The molecule has 0 saturated carbocycles. The van der Waals surface area contributed by atoms with E-state index in [1.54, 1.807) is 20.8 Å². The van der Waals surface area contributed by atoms with E-state index < -0.39 is 29.9 Å². The number of hydrogen-bond acceptors (Lipinski definition) is 5. The molecule has 0 heterocycles. The Labute approximate surface area is 185 Å². The molecule has 6 N–H and O–H groups in total. The van der Waals surface area contributed by atoms with Gasteiger partial charge < -0.3 is 27.0 Å². The topological polar surface area (TPSA) is 159 Å². The summed E-state index contributed by atoms with van der Waals surface area (Å²) in [7, 11) is 1.53. The van der Waals surface area contributed by atoms with Crippen LogP contribution < -0.4 is 27.0 Å². The van der Waals surface area contributed by atoms with Crippen LogP contribution in [0.25, 0.3) is 0 Å². The number of nitrogens with one attached hydrogen (secondary N) is 4. The van der Waals surface area contributed by atoms with Gasteiger partial charge in [-0.05, 0) is 32.1 Å². The third-order valence-corrected chi connectivity index (χ3v) is 4.55. The van der Waals surface area contributed by atoms with Gasteiger partial charge in [-0.15, -0.1) is 0 Å². The summed E-state index contributed by atoms with van der Waals surface area (Å²) in [5, 5.41) is 10.3. The van der Waals surface area contributed by atoms with Gasteiger partial charge >= 0.3 is 6.03 Å². The first-order valence-corrected chi connectivity index (χ1v) is 10.8. The summed E-state index contributed by atoms with van der Waals surface area (Å²) in [5.41, 5.74) is 4.99. The Morgan fingerprint density at radius 2 is 1.48 bits per heavy atom. The Bertz CT molecular complexity index is 595. The summed E-state index contributed by atoms with van der Waals surface area (Å²) in [6.45, 7) is 10.9. The number of rotatable bonds is 13. The van der Waals surface area contributed by atoms with Gasteiger partial charge in [-0.1, -0.05) is 34.6 Å². The van der Waals surface area contributed by atoms with Crippen molar-refractivity contribution < 1.29 is 24.0 Å². The maximum atomic E-state index is 12.7. The molecule has 0 aliphatic carbocycles. The number of primary amides is 1. The van der Waals surface area contributed by atoms with Gasteiger partial charge in [-0.25, -0.2) is 4.79 Å². The smallest absolute Gasteiger partial charge is 0.312 e. The lowest BCUT2D eigenvalue weighted by molar-refractivity contribution is -0.133. The van der Waals surface area contributed by atoms with E-state index in [0.29, 0.717) is 25.8 Å². The van der Waals surface area contributed by atoms with Crippen molar-refractivity contribution in [3.05, 3.63) is 0 Å². The average molecular weight is 444 g/mol. The van der Waals surface area contributed by atoms with Crippen LogP contribution in [0.1, 0.15) is 67.2 Å². The van der Waals surface area contributed by atoms with Crippen LogP contribution in [-0.2, 0) is 19.2 Å². The highest BCUT2D eigenvalue weighted by Crippen LogP contribution is 2.10. The number of carbonyl (C=O) groups excluding carboxylic acids is 5. The first kappa shape index (κ1) is 30.5. The third-order valence-electron chi connectivity index (χ3n) is 4.55. The van der Waals surface area contributed by atoms with E-state index in [1.807, 2.05) is 13.8 Å². The molecule has 0 aromatic heterocycles. The van der Waals surface area contributed by atoms with Crippen LogP contribution in [0.3, 0.4) is 0 Å². The van der Waals surface area contributed by atoms with Crippen LogP contribution in [0.15, 0.2) is 0 Å². The monoisotopic (exact) mass is 443 g/mol. The molecule has 0 rings (SSSR count). The Hall–Kier alpha value is -2.65. The second-order valence-corrected chi connectivity index (χ2v) is 7.45. The summed E-state index contributed by atoms with van der Waals surface area (Å²) in [6.07, 6.45) is 1.38. The average Bonchev–Trinajstić information content (AvgIpc) is 2.72. The summed E-state index contributed by atoms with van der Waals surface area (Å²) >= 11 is 0. The van der Waals surface area contributed by atoms with Crippen molar-refractivity contribution >= 4 is 29.5 Å². The molecule has 0 radical (unpaired) electrons. The molecule has 0 aromatic carbocycles. The SMILES string of the molecule is CC.CNC(=O)CCC(C)C(=O)NC(C(=O)NC(CCCNC(N)=O)C(C)=O)C(C)C. The molecule has 5 amide bonds. The summed E-state index contributed by atoms with van der Waals surface area (Å²) in [6, 6.07) is -2.18. The Balaban J connectivity index is 0. The predicted octanol–water partition coefficient (Wildman–Crippen LogP) is 0.838. The molecule has 0 aliphatic heterocycles. The third kappa shape index (κ3) is 14.1. The lowest BCUT2D eigenvalue weighted by Crippen LogP contribution is -2.54. The van der Waals surface area contributed by atoms with Crippen LogP contribution in [0.2, 0.25) is 0 Å². The zero-order valence-corrected chi connectivity index (χ0v) is 20.0. The molecule has 0 saturated heterocycles. The van der Waals surface area contributed by atoms with Crippen molar-refractivity contribution in [3.63, 3.8) is 0 Å². The summed E-state index contributed by atoms with van der Waals surface area (Å²) in [4.78, 5) is 59.0. The van der Waals surface area contributed by atoms with Crippen LogP contribution in [0, 0.1) is 11.8 Å². The fourth-order valence-electron chi connectivity index (χ4n) is 2.59. The normalized spacial score (nSPS) is 13.0. The van der Waals surface area contributed by atoms with Gasteiger partial charge in [0, 0.05) is 25.9 Å². The van der Waals surface area contributed by atoms with E-state index in [-0.39, 0.29) is 29.9 Å². The van der Waals surface area contributed by atoms with E-state index in [4.69, 9.17) is 5.73 Å². The molecule has 0 bridgehead atoms. The van der Waals surface area contributed by atoms with Gasteiger partial charge in [0.2, 0.25) is 17.7 Å². The van der Waals surface area contributed by atoms with Crippen molar-refractivity contribution in [1.82, 2.24) is 21.3 Å². The van der Waals surface area contributed by atoms with Gasteiger partial charge in [0.05, 0.1) is 6.04 Å². The zero-order valence-electron chi connectivity index (χ0n) is 20.0. The predicted molar refractivity (Wildman–Crippen MR) is 120 cm³/mol. The maximum absolute atomic E-state index is 12.7. The highest BCUT2D eigenvalue weighted by Gasteiger charge is 2.28. The van der Waals surface area contributed by atoms with Gasteiger partial charge in [-0.3, -0.25) is 19.2 Å².